The van der Waals surface area contributed by atoms with Crippen LogP contribution in [-0.2, 0) is 0 Å². The monoisotopic (exact) mass is 246 g/mol. The average molecular weight is 247 g/mol. The van der Waals surface area contributed by atoms with Crippen molar-refractivity contribution in [3.63, 3.8) is 0 Å². The van der Waals surface area contributed by atoms with E-state index in [1.807, 2.05) is 0 Å². The van der Waals surface area contributed by atoms with Gasteiger partial charge in [0.25, 0.3) is 0 Å². The predicted octanol–water partition coefficient (Wildman–Crippen LogP) is 6.30. The summed E-state index contributed by atoms with van der Waals surface area (Å²) in [6.07, 6.45) is 12.6. The number of hydrogen-bond donors (Lipinski definition) is 0. The van der Waals surface area contributed by atoms with E-state index < -0.39 is 0 Å². The lowest BCUT2D eigenvalue weighted by Crippen LogP contribution is -1.76. The normalized spacial score (nSPS) is 9.75. The molecule has 0 heterocycles. The van der Waals surface area contributed by atoms with Crippen LogP contribution in [0.2, 0.25) is 0 Å². The minimum atomic E-state index is 1.32. The molecule has 0 saturated heterocycles. The van der Waals surface area contributed by atoms with Crippen molar-refractivity contribution in [2.45, 2.75) is 85.5 Å². The molecule has 0 nitrogen and oxygen atoms in total. The van der Waals surface area contributed by atoms with Gasteiger partial charge in [0.2, 0.25) is 0 Å². The summed E-state index contributed by atoms with van der Waals surface area (Å²) in [6, 6.07) is 0. The van der Waals surface area contributed by atoms with Gasteiger partial charge in [-0.25, -0.2) is 0 Å². The van der Waals surface area contributed by atoms with Crippen molar-refractivity contribution in [2.24, 2.45) is 0 Å². The molecule has 0 aromatic carbocycles. The lowest BCUT2D eigenvalue weighted by atomic mass is 10.1. The largest absolute Gasteiger partial charge is 0.162 e. The Morgan fingerprint density at radius 3 is 1.19 bits per heavy atom. The minimum absolute atomic E-state index is 1.32. The molecule has 0 aromatic rings. The van der Waals surface area contributed by atoms with Crippen LogP contribution in [0.15, 0.2) is 0 Å². The maximum atomic E-state index is 2.26. The van der Waals surface area contributed by atoms with Crippen LogP contribution in [0.25, 0.3) is 0 Å². The number of hydrogen-bond acceptors (Lipinski definition) is 1. The molecule has 0 aliphatic heterocycles. The molecule has 0 aliphatic carbocycles. The third-order valence-corrected chi connectivity index (χ3v) is 3.80. The summed E-state index contributed by atoms with van der Waals surface area (Å²) in [5.41, 5.74) is 0. The van der Waals surface area contributed by atoms with Crippen molar-refractivity contribution in [3.8, 4) is 0 Å². The first kappa shape index (κ1) is 18.7. The highest BCUT2D eigenvalue weighted by atomic mass is 32.2. The second kappa shape index (κ2) is 20.7. The first-order valence-corrected chi connectivity index (χ1v) is 8.56. The second-order valence-corrected chi connectivity index (χ2v) is 5.60. The van der Waals surface area contributed by atoms with Crippen molar-refractivity contribution in [1.82, 2.24) is 0 Å². The average Bonchev–Trinajstić information content (AvgIpc) is 2.31. The molecule has 16 heavy (non-hydrogen) atoms. The van der Waals surface area contributed by atoms with E-state index in [-0.39, 0.29) is 0 Å². The van der Waals surface area contributed by atoms with Crippen LogP contribution < -0.4 is 0 Å². The van der Waals surface area contributed by atoms with Gasteiger partial charge in [-0.05, 0) is 24.3 Å². The van der Waals surface area contributed by atoms with Gasteiger partial charge in [0.05, 0.1) is 0 Å². The summed E-state index contributed by atoms with van der Waals surface area (Å²) in [4.78, 5) is 0. The molecule has 0 bridgehead atoms. The summed E-state index contributed by atoms with van der Waals surface area (Å²) >= 11 is 2.05. The smallest absolute Gasteiger partial charge is 0.00702 e. The zero-order valence-corrected chi connectivity index (χ0v) is 13.0. The van der Waals surface area contributed by atoms with Crippen LogP contribution in [0.4, 0.5) is 0 Å². The summed E-state index contributed by atoms with van der Waals surface area (Å²) in [5.74, 6) is 2.68. The van der Waals surface area contributed by atoms with Gasteiger partial charge in [-0.3, -0.25) is 0 Å². The Bertz CT molecular complexity index is 81.4. The highest BCUT2D eigenvalue weighted by molar-refractivity contribution is 7.99. The maximum absolute atomic E-state index is 2.26. The Kier molecular flexibility index (Phi) is 24.2. The molecule has 0 rings (SSSR count). The SMILES string of the molecule is CCCCCCCCC.CCCSCCC. The van der Waals surface area contributed by atoms with Gasteiger partial charge in [0.1, 0.15) is 0 Å². The molecule has 0 spiro atoms. The van der Waals surface area contributed by atoms with E-state index in [4.69, 9.17) is 0 Å². The third kappa shape index (κ3) is 23.9. The van der Waals surface area contributed by atoms with Crippen molar-refractivity contribution < 1.29 is 0 Å². The van der Waals surface area contributed by atoms with E-state index in [0.717, 1.165) is 0 Å². The fourth-order valence-electron chi connectivity index (χ4n) is 1.42. The molecular weight excluding hydrogens is 212 g/mol. The molecule has 100 valence electrons. The lowest BCUT2D eigenvalue weighted by molar-refractivity contribution is 0.602. The number of unbranched alkanes of at least 4 members (excludes halogenated alkanes) is 6. The Labute approximate surface area is 109 Å². The van der Waals surface area contributed by atoms with Gasteiger partial charge >= 0.3 is 0 Å². The van der Waals surface area contributed by atoms with Crippen molar-refractivity contribution in [3.05, 3.63) is 0 Å². The van der Waals surface area contributed by atoms with Crippen molar-refractivity contribution in [2.75, 3.05) is 11.5 Å². The maximum Gasteiger partial charge on any atom is -0.00702 e. The summed E-state index contributed by atoms with van der Waals surface area (Å²) in [6.45, 7) is 8.98. The summed E-state index contributed by atoms with van der Waals surface area (Å²) in [5, 5.41) is 0. The topological polar surface area (TPSA) is 0 Å². The molecule has 0 unspecified atom stereocenters. The molecular formula is C15H34S. The van der Waals surface area contributed by atoms with E-state index in [0.29, 0.717) is 0 Å². The lowest BCUT2D eigenvalue weighted by Gasteiger charge is -1.96. The van der Waals surface area contributed by atoms with Crippen LogP contribution >= 0.6 is 11.8 Å². The first-order valence-electron chi connectivity index (χ1n) is 7.41. The highest BCUT2D eigenvalue weighted by Crippen LogP contribution is 2.05. The third-order valence-electron chi connectivity index (χ3n) is 2.40. The quantitative estimate of drug-likeness (QED) is 0.408. The van der Waals surface area contributed by atoms with Gasteiger partial charge in [0.15, 0.2) is 0 Å². The van der Waals surface area contributed by atoms with E-state index in [1.165, 1.54) is 69.3 Å². The zero-order chi connectivity index (χ0) is 12.5. The molecule has 0 fully saturated rings. The van der Waals surface area contributed by atoms with Crippen LogP contribution in [0.1, 0.15) is 85.5 Å². The van der Waals surface area contributed by atoms with Gasteiger partial charge in [0, 0.05) is 0 Å². The van der Waals surface area contributed by atoms with Gasteiger partial charge in [-0.15, -0.1) is 0 Å². The Hall–Kier alpha value is 0.350. The minimum Gasteiger partial charge on any atom is -0.162 e. The van der Waals surface area contributed by atoms with Crippen LogP contribution in [0.5, 0.6) is 0 Å². The summed E-state index contributed by atoms with van der Waals surface area (Å²) < 4.78 is 0. The van der Waals surface area contributed by atoms with Crippen LogP contribution in [-0.4, -0.2) is 11.5 Å². The molecule has 0 saturated carbocycles. The molecule has 0 atom stereocenters. The molecule has 0 radical (unpaired) electrons. The molecule has 0 amide bonds. The van der Waals surface area contributed by atoms with Crippen molar-refractivity contribution >= 4 is 11.8 Å². The van der Waals surface area contributed by atoms with E-state index in [1.54, 1.807) is 0 Å². The highest BCUT2D eigenvalue weighted by Gasteiger charge is 1.85. The number of rotatable bonds is 10. The Balaban J connectivity index is 0. The van der Waals surface area contributed by atoms with Crippen LogP contribution in [0, 0.1) is 0 Å². The van der Waals surface area contributed by atoms with Gasteiger partial charge in [-0.1, -0.05) is 72.6 Å². The fraction of sp³-hybridized carbons (Fsp3) is 1.00. The van der Waals surface area contributed by atoms with Gasteiger partial charge < -0.3 is 0 Å². The predicted molar refractivity (Wildman–Crippen MR) is 81.6 cm³/mol. The molecule has 1 heteroatoms. The molecule has 0 N–H and O–H groups in total. The second-order valence-electron chi connectivity index (χ2n) is 4.38. The van der Waals surface area contributed by atoms with Gasteiger partial charge in [-0.2, -0.15) is 11.8 Å². The first-order chi connectivity index (χ1) is 7.83. The fourth-order valence-corrected chi connectivity index (χ4v) is 2.20. The molecule has 0 aliphatic rings. The Morgan fingerprint density at radius 2 is 0.875 bits per heavy atom. The standard InChI is InChI=1S/C9H20.C6H14S/c1-3-5-7-9-8-6-4-2;1-3-5-7-6-4-2/h3-9H2,1-2H3;3-6H2,1-2H3. The zero-order valence-electron chi connectivity index (χ0n) is 12.2. The summed E-state index contributed by atoms with van der Waals surface area (Å²) in [7, 11) is 0. The van der Waals surface area contributed by atoms with E-state index >= 15 is 0 Å². The van der Waals surface area contributed by atoms with E-state index in [2.05, 4.69) is 39.5 Å². The Morgan fingerprint density at radius 1 is 0.500 bits per heavy atom. The van der Waals surface area contributed by atoms with E-state index in [9.17, 15) is 0 Å². The molecule has 0 aromatic heterocycles. The number of thioether (sulfide) groups is 1. The van der Waals surface area contributed by atoms with Crippen molar-refractivity contribution in [1.29, 1.82) is 0 Å². The van der Waals surface area contributed by atoms with Crippen LogP contribution in [0.3, 0.4) is 0 Å².